The van der Waals surface area contributed by atoms with E-state index in [-0.39, 0.29) is 24.1 Å². The van der Waals surface area contributed by atoms with E-state index in [1.807, 2.05) is 0 Å². The monoisotopic (exact) mass is 300 g/mol. The molecular formula is C12H21N4O3P. The molecule has 0 radical (unpaired) electrons. The molecule has 1 N–H and O–H groups in total. The molecule has 1 saturated carbocycles. The maximum Gasteiger partial charge on any atom is 0.306 e. The van der Waals surface area contributed by atoms with Gasteiger partial charge in [-0.05, 0) is 37.6 Å². The fourth-order valence-electron chi connectivity index (χ4n) is 2.96. The van der Waals surface area contributed by atoms with Gasteiger partial charge in [-0.15, -0.1) is 0 Å². The Kier molecular flexibility index (Phi) is 5.61. The smallest absolute Gasteiger partial charge is 0.306 e. The maximum atomic E-state index is 10.9. The van der Waals surface area contributed by atoms with Gasteiger partial charge in [-0.1, -0.05) is 14.5 Å². The third-order valence-corrected chi connectivity index (χ3v) is 4.83. The summed E-state index contributed by atoms with van der Waals surface area (Å²) in [5.74, 6) is -0.888. The SMILES string of the molecule is [N-]=[N+]=N[C@H]1C[C@@H](COC2CCC(C(=O)O)CC2)N(P)C1. The quantitative estimate of drug-likeness (QED) is 0.364. The van der Waals surface area contributed by atoms with Gasteiger partial charge in [0.25, 0.3) is 0 Å². The predicted molar refractivity (Wildman–Crippen MR) is 77.1 cm³/mol. The summed E-state index contributed by atoms with van der Waals surface area (Å²) in [6, 6.07) is 0.279. The van der Waals surface area contributed by atoms with Crippen LogP contribution < -0.4 is 0 Å². The van der Waals surface area contributed by atoms with Crippen molar-refractivity contribution in [1.29, 1.82) is 0 Å². The van der Waals surface area contributed by atoms with E-state index in [9.17, 15) is 4.79 Å². The molecule has 0 aromatic rings. The first-order valence-electron chi connectivity index (χ1n) is 7.00. The Balaban J connectivity index is 1.71. The standard InChI is InChI=1S/C12H21N4O3P/c13-15-14-9-5-10(16(20)6-9)7-19-11-3-1-8(2-4-11)12(17)18/h8-11H,1-7,20H2,(H,17,18)/t8?,9-,10-,11?/m0/s1. The van der Waals surface area contributed by atoms with E-state index in [2.05, 4.69) is 24.1 Å². The largest absolute Gasteiger partial charge is 0.481 e. The zero-order valence-corrected chi connectivity index (χ0v) is 12.5. The van der Waals surface area contributed by atoms with E-state index in [0.29, 0.717) is 19.4 Å². The second-order valence-corrected chi connectivity index (χ2v) is 6.25. The number of carboxylic acid groups (broad SMARTS) is 1. The highest BCUT2D eigenvalue weighted by Crippen LogP contribution is 2.28. The minimum atomic E-state index is -0.687. The minimum Gasteiger partial charge on any atom is -0.481 e. The maximum absolute atomic E-state index is 10.9. The van der Waals surface area contributed by atoms with Gasteiger partial charge in [0.15, 0.2) is 0 Å². The molecule has 0 bridgehead atoms. The second-order valence-electron chi connectivity index (χ2n) is 5.59. The average molecular weight is 300 g/mol. The van der Waals surface area contributed by atoms with Crippen LogP contribution >= 0.6 is 9.39 Å². The van der Waals surface area contributed by atoms with Crippen LogP contribution in [0.3, 0.4) is 0 Å². The Morgan fingerprint density at radius 3 is 2.75 bits per heavy atom. The molecule has 2 fully saturated rings. The third-order valence-electron chi connectivity index (χ3n) is 4.20. The fourth-order valence-corrected chi connectivity index (χ4v) is 3.41. The lowest BCUT2D eigenvalue weighted by molar-refractivity contribution is -0.143. The molecule has 2 rings (SSSR count). The number of rotatable bonds is 5. The Morgan fingerprint density at radius 2 is 2.15 bits per heavy atom. The fraction of sp³-hybridized carbons (Fsp3) is 0.917. The summed E-state index contributed by atoms with van der Waals surface area (Å²) in [5.41, 5.74) is 8.46. The van der Waals surface area contributed by atoms with Crippen molar-refractivity contribution in [1.82, 2.24) is 4.67 Å². The molecule has 112 valence electrons. The van der Waals surface area contributed by atoms with Crippen molar-refractivity contribution >= 4 is 15.4 Å². The summed E-state index contributed by atoms with van der Waals surface area (Å²) < 4.78 is 7.99. The van der Waals surface area contributed by atoms with Gasteiger partial charge >= 0.3 is 5.97 Å². The molecular weight excluding hydrogens is 279 g/mol. The van der Waals surface area contributed by atoms with Crippen LogP contribution in [-0.4, -0.2) is 47.1 Å². The number of hydrogen-bond donors (Lipinski definition) is 1. The summed E-state index contributed by atoms with van der Waals surface area (Å²) in [7, 11) is 2.66. The van der Waals surface area contributed by atoms with E-state index >= 15 is 0 Å². The summed E-state index contributed by atoms with van der Waals surface area (Å²) in [5, 5.41) is 12.7. The van der Waals surface area contributed by atoms with Gasteiger partial charge in [0.05, 0.1) is 24.7 Å². The van der Waals surface area contributed by atoms with E-state index in [1.54, 1.807) is 0 Å². The number of aliphatic carboxylic acids is 1. The number of ether oxygens (including phenoxy) is 1. The molecule has 7 nitrogen and oxygen atoms in total. The van der Waals surface area contributed by atoms with Crippen LogP contribution in [0.5, 0.6) is 0 Å². The zero-order valence-electron chi connectivity index (χ0n) is 11.4. The molecule has 1 heterocycles. The van der Waals surface area contributed by atoms with E-state index in [1.165, 1.54) is 0 Å². The number of nitrogens with zero attached hydrogens (tertiary/aromatic N) is 4. The Labute approximate surface area is 120 Å². The molecule has 0 amide bonds. The Bertz CT molecular complexity index is 394. The number of hydrogen-bond acceptors (Lipinski definition) is 4. The first kappa shape index (κ1) is 15.5. The molecule has 0 spiro atoms. The van der Waals surface area contributed by atoms with Crippen LogP contribution in [0, 0.1) is 5.92 Å². The summed E-state index contributed by atoms with van der Waals surface area (Å²) in [6.45, 7) is 1.36. The Morgan fingerprint density at radius 1 is 1.45 bits per heavy atom. The van der Waals surface area contributed by atoms with Crippen molar-refractivity contribution in [3.05, 3.63) is 10.4 Å². The van der Waals surface area contributed by atoms with Gasteiger partial charge in [-0.2, -0.15) is 0 Å². The highest BCUT2D eigenvalue weighted by molar-refractivity contribution is 7.13. The molecule has 0 aromatic carbocycles. The molecule has 1 unspecified atom stereocenters. The minimum absolute atomic E-state index is 0.0221. The van der Waals surface area contributed by atoms with Crippen molar-refractivity contribution in [3.8, 4) is 0 Å². The van der Waals surface area contributed by atoms with E-state index in [0.717, 1.165) is 25.8 Å². The van der Waals surface area contributed by atoms with E-state index in [4.69, 9.17) is 15.4 Å². The predicted octanol–water partition coefficient (Wildman–Crippen LogP) is 2.19. The van der Waals surface area contributed by atoms with Gasteiger partial charge in [0.1, 0.15) is 0 Å². The lowest BCUT2D eigenvalue weighted by Crippen LogP contribution is -2.31. The summed E-state index contributed by atoms with van der Waals surface area (Å²) in [6.07, 6.45) is 4.04. The molecule has 20 heavy (non-hydrogen) atoms. The van der Waals surface area contributed by atoms with Gasteiger partial charge in [-0.3, -0.25) is 9.46 Å². The van der Waals surface area contributed by atoms with Crippen molar-refractivity contribution in [2.24, 2.45) is 11.0 Å². The highest BCUT2D eigenvalue weighted by atomic mass is 31.0. The van der Waals surface area contributed by atoms with Crippen LogP contribution in [0.2, 0.25) is 0 Å². The molecule has 2 aliphatic rings. The molecule has 1 saturated heterocycles. The summed E-state index contributed by atoms with van der Waals surface area (Å²) in [4.78, 5) is 13.7. The van der Waals surface area contributed by atoms with Gasteiger partial charge < -0.3 is 9.84 Å². The van der Waals surface area contributed by atoms with Crippen LogP contribution in [0.15, 0.2) is 5.11 Å². The normalized spacial score (nSPS) is 34.6. The van der Waals surface area contributed by atoms with Crippen molar-refractivity contribution < 1.29 is 14.6 Å². The molecule has 1 aliphatic carbocycles. The third kappa shape index (κ3) is 4.06. The van der Waals surface area contributed by atoms with Gasteiger partial charge in [0.2, 0.25) is 0 Å². The molecule has 8 heteroatoms. The topological polar surface area (TPSA) is 98.5 Å². The lowest BCUT2D eigenvalue weighted by atomic mass is 9.87. The van der Waals surface area contributed by atoms with Crippen LogP contribution in [0.1, 0.15) is 32.1 Å². The number of carbonyl (C=O) groups is 1. The van der Waals surface area contributed by atoms with Crippen molar-refractivity contribution in [2.75, 3.05) is 13.2 Å². The average Bonchev–Trinajstić information content (AvgIpc) is 2.77. The van der Waals surface area contributed by atoms with Crippen molar-refractivity contribution in [3.63, 3.8) is 0 Å². The summed E-state index contributed by atoms with van der Waals surface area (Å²) >= 11 is 0. The molecule has 3 atom stereocenters. The van der Waals surface area contributed by atoms with Crippen LogP contribution in [-0.2, 0) is 9.53 Å². The first-order valence-corrected chi connectivity index (χ1v) is 7.51. The molecule has 0 aromatic heterocycles. The lowest BCUT2D eigenvalue weighted by Gasteiger charge is -2.28. The number of azide groups is 1. The zero-order chi connectivity index (χ0) is 14.5. The number of carboxylic acids is 1. The highest BCUT2D eigenvalue weighted by Gasteiger charge is 2.31. The van der Waals surface area contributed by atoms with Crippen molar-refractivity contribution in [2.45, 2.75) is 50.3 Å². The first-order chi connectivity index (χ1) is 9.60. The molecule has 1 aliphatic heterocycles. The van der Waals surface area contributed by atoms with Gasteiger partial charge in [-0.25, -0.2) is 0 Å². The van der Waals surface area contributed by atoms with E-state index < -0.39 is 5.97 Å². The van der Waals surface area contributed by atoms with Gasteiger partial charge in [0, 0.05) is 17.5 Å². The second kappa shape index (κ2) is 7.23. The van der Waals surface area contributed by atoms with Crippen LogP contribution in [0.4, 0.5) is 0 Å². The Hall–Kier alpha value is -0.870. The van der Waals surface area contributed by atoms with Crippen LogP contribution in [0.25, 0.3) is 10.4 Å².